The molecule has 2 unspecified atom stereocenters. The molecule has 2 atom stereocenters. The van der Waals surface area contributed by atoms with Crippen molar-refractivity contribution < 1.29 is 4.74 Å². The molecule has 0 spiro atoms. The molecule has 0 saturated heterocycles. The van der Waals surface area contributed by atoms with Gasteiger partial charge in [0.25, 0.3) is 0 Å². The van der Waals surface area contributed by atoms with Crippen LogP contribution in [0, 0.1) is 17.3 Å². The smallest absolute Gasteiger partial charge is 0.0638 e. The van der Waals surface area contributed by atoms with Gasteiger partial charge in [-0.05, 0) is 91.7 Å². The molecule has 1 aliphatic heterocycles. The highest BCUT2D eigenvalue weighted by Crippen LogP contribution is 2.36. The fraction of sp³-hybridized carbons (Fsp3) is 0.744. The van der Waals surface area contributed by atoms with Gasteiger partial charge >= 0.3 is 0 Å². The minimum absolute atomic E-state index is 0.326. The molecule has 2 aliphatic rings. The van der Waals surface area contributed by atoms with Crippen LogP contribution < -0.4 is 10.0 Å². The van der Waals surface area contributed by atoms with Crippen molar-refractivity contribution in [3.63, 3.8) is 0 Å². The Morgan fingerprint density at radius 2 is 1.60 bits per heavy atom. The first-order valence-electron chi connectivity index (χ1n) is 17.8. The lowest BCUT2D eigenvalue weighted by Gasteiger charge is -2.22. The Bertz CT molecular complexity index is 889. The van der Waals surface area contributed by atoms with Gasteiger partial charge in [-0.3, -0.25) is 0 Å². The van der Waals surface area contributed by atoms with Crippen molar-refractivity contribution in [2.24, 2.45) is 17.3 Å². The molecule has 0 aromatic heterocycles. The third kappa shape index (κ3) is 18.2. The van der Waals surface area contributed by atoms with E-state index >= 15 is 0 Å². The Morgan fingerprint density at radius 1 is 0.930 bits per heavy atom. The average Bonchev–Trinajstić information content (AvgIpc) is 2.97. The monoisotopic (exact) mass is 613 g/mol. The van der Waals surface area contributed by atoms with Crippen molar-refractivity contribution in [2.45, 2.75) is 150 Å². The lowest BCUT2D eigenvalue weighted by Crippen LogP contribution is -2.22. The van der Waals surface area contributed by atoms with Gasteiger partial charge in [0.1, 0.15) is 0 Å². The number of nitrogens with one attached hydrogen (secondary N) is 2. The molecule has 3 nitrogen and oxygen atoms in total. The number of rotatable bonds is 25. The van der Waals surface area contributed by atoms with Gasteiger partial charge < -0.3 is 14.8 Å². The standard InChI is InChI=1S/C39H68N2OS/c1-32(21-19-22-36-31-41-43-38-24-17-16-23-37(36)38)20-15-13-11-9-8-10-12-14-18-28-42-29-27-40-35(4)34(3)26-25-33(2)30-39(5,6)7/h16,23,31-32,34,40-41H,2,4,8-15,17-22,24-30H2,1,3,5-7H3. The van der Waals surface area contributed by atoms with E-state index < -0.39 is 0 Å². The Hall–Kier alpha value is -1.39. The molecule has 0 saturated carbocycles. The summed E-state index contributed by atoms with van der Waals surface area (Å²) in [6.45, 7) is 22.6. The Kier molecular flexibility index (Phi) is 19.5. The third-order valence-electron chi connectivity index (χ3n) is 8.92. The lowest BCUT2D eigenvalue weighted by molar-refractivity contribution is 0.132. The first kappa shape index (κ1) is 37.8. The van der Waals surface area contributed by atoms with Crippen molar-refractivity contribution in [3.8, 4) is 0 Å². The van der Waals surface area contributed by atoms with Crippen molar-refractivity contribution in [1.82, 2.24) is 10.0 Å². The van der Waals surface area contributed by atoms with E-state index in [1.165, 1.54) is 113 Å². The topological polar surface area (TPSA) is 33.3 Å². The number of allylic oxidation sites excluding steroid dienone is 7. The molecule has 0 amide bonds. The van der Waals surface area contributed by atoms with Gasteiger partial charge in [-0.25, -0.2) is 0 Å². The second-order valence-corrected chi connectivity index (χ2v) is 15.6. The first-order chi connectivity index (χ1) is 20.7. The predicted molar refractivity (Wildman–Crippen MR) is 193 cm³/mol. The van der Waals surface area contributed by atoms with E-state index in [4.69, 9.17) is 4.74 Å². The van der Waals surface area contributed by atoms with Crippen LogP contribution >= 0.6 is 11.9 Å². The third-order valence-corrected chi connectivity index (χ3v) is 9.82. The summed E-state index contributed by atoms with van der Waals surface area (Å²) in [6.07, 6.45) is 30.2. The van der Waals surface area contributed by atoms with Crippen LogP contribution in [0.15, 0.2) is 58.8 Å². The predicted octanol–water partition coefficient (Wildman–Crippen LogP) is 12.0. The summed E-state index contributed by atoms with van der Waals surface area (Å²) < 4.78 is 9.28. The highest BCUT2D eigenvalue weighted by atomic mass is 32.2. The quantitative estimate of drug-likeness (QED) is 0.0610. The average molecular weight is 613 g/mol. The van der Waals surface area contributed by atoms with Crippen LogP contribution in [0.5, 0.6) is 0 Å². The van der Waals surface area contributed by atoms with Crippen LogP contribution in [0.4, 0.5) is 0 Å². The van der Waals surface area contributed by atoms with E-state index in [9.17, 15) is 0 Å². The van der Waals surface area contributed by atoms with Gasteiger partial charge in [0.15, 0.2) is 0 Å². The molecular formula is C39H68N2OS. The zero-order chi connectivity index (χ0) is 31.3. The molecule has 0 bridgehead atoms. The number of ether oxygens (including phenoxy) is 1. The molecule has 0 aromatic rings. The maximum atomic E-state index is 5.86. The molecule has 4 heteroatoms. The highest BCUT2D eigenvalue weighted by molar-refractivity contribution is 8.01. The largest absolute Gasteiger partial charge is 0.386 e. The van der Waals surface area contributed by atoms with Gasteiger partial charge in [-0.15, -0.1) is 0 Å². The molecule has 1 aliphatic carbocycles. The molecule has 0 aromatic carbocycles. The molecule has 0 radical (unpaired) electrons. The molecule has 2 rings (SSSR count). The zero-order valence-electron chi connectivity index (χ0n) is 29.0. The summed E-state index contributed by atoms with van der Waals surface area (Å²) in [5.74, 6) is 1.33. The zero-order valence-corrected chi connectivity index (χ0v) is 29.8. The van der Waals surface area contributed by atoms with E-state index in [1.807, 2.05) is 11.9 Å². The molecular weight excluding hydrogens is 545 g/mol. The van der Waals surface area contributed by atoms with Gasteiger partial charge in [0, 0.05) is 30.0 Å². The van der Waals surface area contributed by atoms with E-state index in [0.717, 1.165) is 50.6 Å². The van der Waals surface area contributed by atoms with Crippen LogP contribution in [-0.2, 0) is 4.74 Å². The highest BCUT2D eigenvalue weighted by Gasteiger charge is 2.17. The van der Waals surface area contributed by atoms with E-state index in [1.54, 1.807) is 4.91 Å². The molecule has 1 heterocycles. The van der Waals surface area contributed by atoms with E-state index in [0.29, 0.717) is 11.3 Å². The Balaban J connectivity index is 1.31. The minimum atomic E-state index is 0.326. The second kappa shape index (κ2) is 22.2. The maximum absolute atomic E-state index is 5.86. The minimum Gasteiger partial charge on any atom is -0.386 e. The summed E-state index contributed by atoms with van der Waals surface area (Å²) in [5, 5.41) is 3.47. The Labute approximate surface area is 272 Å². The van der Waals surface area contributed by atoms with Crippen LogP contribution in [0.3, 0.4) is 0 Å². The van der Waals surface area contributed by atoms with E-state index in [-0.39, 0.29) is 0 Å². The van der Waals surface area contributed by atoms with Gasteiger partial charge in [-0.2, -0.15) is 0 Å². The fourth-order valence-corrected chi connectivity index (χ4v) is 7.08. The SMILES string of the molecule is C=C(CCC(C)C(=C)NCCOCCCCCCCCCCCC(C)CCCC1=CNSC2=C1C=CCC2)CC(C)(C)C. The number of hydrogen-bond acceptors (Lipinski definition) is 4. The normalized spacial score (nSPS) is 16.3. The van der Waals surface area contributed by atoms with Crippen LogP contribution in [-0.4, -0.2) is 19.8 Å². The number of unbranched alkanes of at least 4 members (excludes halogenated alkanes) is 8. The van der Waals surface area contributed by atoms with Crippen LogP contribution in [0.1, 0.15) is 150 Å². The summed E-state index contributed by atoms with van der Waals surface area (Å²) in [4.78, 5) is 1.54. The summed E-state index contributed by atoms with van der Waals surface area (Å²) in [6, 6.07) is 0. The fourth-order valence-electron chi connectivity index (χ4n) is 6.20. The molecule has 0 fully saturated rings. The van der Waals surface area contributed by atoms with Gasteiger partial charge in [0.2, 0.25) is 0 Å². The van der Waals surface area contributed by atoms with Crippen molar-refractivity contribution in [3.05, 3.63) is 58.8 Å². The Morgan fingerprint density at radius 3 is 2.33 bits per heavy atom. The number of hydrogen-bond donors (Lipinski definition) is 2. The maximum Gasteiger partial charge on any atom is 0.0638 e. The van der Waals surface area contributed by atoms with E-state index in [2.05, 4.69) is 76.2 Å². The van der Waals surface area contributed by atoms with Crippen LogP contribution in [0.2, 0.25) is 0 Å². The summed E-state index contributed by atoms with van der Waals surface area (Å²) >= 11 is 1.81. The lowest BCUT2D eigenvalue weighted by atomic mass is 9.86. The first-order valence-corrected chi connectivity index (χ1v) is 18.7. The van der Waals surface area contributed by atoms with Crippen molar-refractivity contribution >= 4 is 11.9 Å². The molecule has 43 heavy (non-hydrogen) atoms. The molecule has 2 N–H and O–H groups in total. The molecule has 246 valence electrons. The van der Waals surface area contributed by atoms with Gasteiger partial charge in [-0.1, -0.05) is 130 Å². The summed E-state index contributed by atoms with van der Waals surface area (Å²) in [7, 11) is 0. The van der Waals surface area contributed by atoms with Crippen molar-refractivity contribution in [1.29, 1.82) is 0 Å². The van der Waals surface area contributed by atoms with Gasteiger partial charge in [0.05, 0.1) is 6.61 Å². The van der Waals surface area contributed by atoms with Crippen molar-refractivity contribution in [2.75, 3.05) is 19.8 Å². The summed E-state index contributed by atoms with van der Waals surface area (Å²) in [5.41, 5.74) is 5.85. The van der Waals surface area contributed by atoms with Crippen LogP contribution in [0.25, 0.3) is 0 Å². The second-order valence-electron chi connectivity index (χ2n) is 14.6.